The molecule has 1 amide bonds. The Morgan fingerprint density at radius 2 is 1.86 bits per heavy atom. The zero-order valence-corrected chi connectivity index (χ0v) is 12.8. The van der Waals surface area contributed by atoms with Gasteiger partial charge in [-0.3, -0.25) is 4.79 Å². The molecule has 0 aromatic carbocycles. The van der Waals surface area contributed by atoms with Gasteiger partial charge < -0.3 is 15.4 Å². The van der Waals surface area contributed by atoms with Crippen molar-refractivity contribution in [2.24, 2.45) is 0 Å². The van der Waals surface area contributed by atoms with Crippen molar-refractivity contribution in [1.82, 2.24) is 19.9 Å². The molecule has 8 heteroatoms. The van der Waals surface area contributed by atoms with Crippen LogP contribution in [0, 0.1) is 0 Å². The highest BCUT2D eigenvalue weighted by Crippen LogP contribution is 2.10. The van der Waals surface area contributed by atoms with Gasteiger partial charge in [-0.05, 0) is 19.8 Å². The van der Waals surface area contributed by atoms with Gasteiger partial charge in [-0.2, -0.15) is 0 Å². The van der Waals surface area contributed by atoms with Crippen molar-refractivity contribution in [3.05, 3.63) is 5.69 Å². The average Bonchev–Trinajstić information content (AvgIpc) is 2.80. The first-order valence-electron chi connectivity index (χ1n) is 7.18. The third-order valence-corrected chi connectivity index (χ3v) is 2.87. The molecular weight excluding hydrogens is 274 g/mol. The van der Waals surface area contributed by atoms with E-state index in [4.69, 9.17) is 10.5 Å². The molecule has 0 aliphatic rings. The number of nitrogen functional groups attached to an aromatic ring is 1. The fourth-order valence-corrected chi connectivity index (χ4v) is 1.91. The van der Waals surface area contributed by atoms with Gasteiger partial charge in [0.2, 0.25) is 11.6 Å². The maximum Gasteiger partial charge on any atom is 0.362 e. The van der Waals surface area contributed by atoms with E-state index in [-0.39, 0.29) is 30.6 Å². The van der Waals surface area contributed by atoms with Gasteiger partial charge in [0.05, 0.1) is 6.61 Å². The van der Waals surface area contributed by atoms with Crippen LogP contribution in [0.2, 0.25) is 0 Å². The number of nitrogens with zero attached hydrogens (tertiary/aromatic N) is 4. The Bertz CT molecular complexity index is 480. The molecule has 0 bridgehead atoms. The number of aromatic nitrogens is 3. The summed E-state index contributed by atoms with van der Waals surface area (Å²) >= 11 is 0. The van der Waals surface area contributed by atoms with E-state index in [1.165, 1.54) is 4.68 Å². The van der Waals surface area contributed by atoms with Crippen molar-refractivity contribution in [2.75, 3.05) is 25.4 Å². The molecule has 0 aliphatic carbocycles. The van der Waals surface area contributed by atoms with E-state index in [0.29, 0.717) is 13.1 Å². The highest BCUT2D eigenvalue weighted by atomic mass is 16.5. The maximum atomic E-state index is 12.2. The van der Waals surface area contributed by atoms with E-state index in [2.05, 4.69) is 10.3 Å². The van der Waals surface area contributed by atoms with Gasteiger partial charge >= 0.3 is 5.97 Å². The quantitative estimate of drug-likeness (QED) is 0.708. The number of hydrogen-bond donors (Lipinski definition) is 1. The number of amides is 1. The first kappa shape index (κ1) is 16.9. The van der Waals surface area contributed by atoms with E-state index < -0.39 is 5.97 Å². The lowest BCUT2D eigenvalue weighted by molar-refractivity contribution is -0.132. The second-order valence-electron chi connectivity index (χ2n) is 4.58. The number of nitrogens with two attached hydrogens (primary N) is 1. The Morgan fingerprint density at radius 3 is 2.38 bits per heavy atom. The van der Waals surface area contributed by atoms with Crippen molar-refractivity contribution in [3.8, 4) is 0 Å². The van der Waals surface area contributed by atoms with Crippen LogP contribution in [0.25, 0.3) is 0 Å². The van der Waals surface area contributed by atoms with Crippen LogP contribution in [0.3, 0.4) is 0 Å². The molecular formula is C13H23N5O3. The average molecular weight is 297 g/mol. The Labute approximate surface area is 124 Å². The lowest BCUT2D eigenvalue weighted by Gasteiger charge is -2.21. The molecule has 2 N–H and O–H groups in total. The summed E-state index contributed by atoms with van der Waals surface area (Å²) in [6.45, 7) is 7.29. The monoisotopic (exact) mass is 297 g/mol. The normalized spacial score (nSPS) is 10.4. The largest absolute Gasteiger partial charge is 0.461 e. The van der Waals surface area contributed by atoms with Crippen molar-refractivity contribution >= 4 is 17.7 Å². The summed E-state index contributed by atoms with van der Waals surface area (Å²) in [7, 11) is 0. The highest BCUT2D eigenvalue weighted by Gasteiger charge is 2.21. The van der Waals surface area contributed by atoms with Crippen LogP contribution < -0.4 is 5.73 Å². The van der Waals surface area contributed by atoms with Crippen LogP contribution >= 0.6 is 0 Å². The molecule has 0 unspecified atom stereocenters. The number of rotatable bonds is 8. The van der Waals surface area contributed by atoms with Gasteiger partial charge in [0.25, 0.3) is 0 Å². The SMILES string of the molecule is CCCN(CCC)C(=O)Cn1nnc(C(=O)OCC)c1N. The Balaban J connectivity index is 2.78. The smallest absolute Gasteiger partial charge is 0.362 e. The third-order valence-electron chi connectivity index (χ3n) is 2.87. The van der Waals surface area contributed by atoms with E-state index in [1.807, 2.05) is 13.8 Å². The van der Waals surface area contributed by atoms with Crippen molar-refractivity contribution in [2.45, 2.75) is 40.2 Å². The Kier molecular flexibility index (Phi) is 6.64. The minimum Gasteiger partial charge on any atom is -0.461 e. The first-order valence-corrected chi connectivity index (χ1v) is 7.18. The Hall–Kier alpha value is -2.12. The molecule has 0 aliphatic heterocycles. The van der Waals surface area contributed by atoms with Crippen molar-refractivity contribution in [1.29, 1.82) is 0 Å². The Morgan fingerprint density at radius 1 is 1.24 bits per heavy atom. The van der Waals surface area contributed by atoms with Gasteiger partial charge in [-0.15, -0.1) is 5.10 Å². The molecule has 0 saturated carbocycles. The summed E-state index contributed by atoms with van der Waals surface area (Å²) in [4.78, 5) is 25.6. The predicted molar refractivity (Wildman–Crippen MR) is 77.6 cm³/mol. The minimum absolute atomic E-state index is 0.0295. The maximum absolute atomic E-state index is 12.2. The molecule has 1 aromatic heterocycles. The van der Waals surface area contributed by atoms with Crippen LogP contribution in [-0.4, -0.2) is 51.5 Å². The number of carbonyl (C=O) groups is 2. The molecule has 8 nitrogen and oxygen atoms in total. The molecule has 1 rings (SSSR count). The van der Waals surface area contributed by atoms with Crippen LogP contribution in [0.15, 0.2) is 0 Å². The molecule has 0 radical (unpaired) electrons. The fourth-order valence-electron chi connectivity index (χ4n) is 1.91. The molecule has 0 saturated heterocycles. The predicted octanol–water partition coefficient (Wildman–Crippen LogP) is 0.686. The van der Waals surface area contributed by atoms with Crippen molar-refractivity contribution in [3.63, 3.8) is 0 Å². The van der Waals surface area contributed by atoms with E-state index in [1.54, 1.807) is 11.8 Å². The van der Waals surface area contributed by atoms with E-state index in [9.17, 15) is 9.59 Å². The summed E-state index contributed by atoms with van der Waals surface area (Å²) in [5.74, 6) is -0.673. The van der Waals surface area contributed by atoms with Gasteiger partial charge in [-0.25, -0.2) is 9.48 Å². The van der Waals surface area contributed by atoms with Crippen LogP contribution in [0.1, 0.15) is 44.1 Å². The van der Waals surface area contributed by atoms with Gasteiger partial charge in [0, 0.05) is 13.1 Å². The number of esters is 1. The zero-order valence-electron chi connectivity index (χ0n) is 12.8. The minimum atomic E-state index is -0.632. The summed E-state index contributed by atoms with van der Waals surface area (Å²) in [6, 6.07) is 0. The molecule has 0 atom stereocenters. The number of hydrogen-bond acceptors (Lipinski definition) is 6. The zero-order chi connectivity index (χ0) is 15.8. The lowest BCUT2D eigenvalue weighted by atomic mass is 10.3. The standard InChI is InChI=1S/C13H23N5O3/c1-4-7-17(8-5-2)10(19)9-18-12(14)11(15-16-18)13(20)21-6-3/h4-9,14H2,1-3H3. The third kappa shape index (κ3) is 4.44. The van der Waals surface area contributed by atoms with E-state index >= 15 is 0 Å². The van der Waals surface area contributed by atoms with Gasteiger partial charge in [0.1, 0.15) is 6.54 Å². The molecule has 0 fully saturated rings. The number of carbonyl (C=O) groups excluding carboxylic acids is 2. The molecule has 0 spiro atoms. The lowest BCUT2D eigenvalue weighted by Crippen LogP contribution is -2.35. The van der Waals surface area contributed by atoms with E-state index in [0.717, 1.165) is 12.8 Å². The second kappa shape index (κ2) is 8.23. The molecule has 21 heavy (non-hydrogen) atoms. The van der Waals surface area contributed by atoms with Gasteiger partial charge in [-0.1, -0.05) is 19.1 Å². The highest BCUT2D eigenvalue weighted by molar-refractivity contribution is 5.92. The topological polar surface area (TPSA) is 103 Å². The first-order chi connectivity index (χ1) is 10.0. The number of anilines is 1. The summed E-state index contributed by atoms with van der Waals surface area (Å²) in [5, 5.41) is 7.44. The van der Waals surface area contributed by atoms with Crippen LogP contribution in [0.5, 0.6) is 0 Å². The summed E-state index contributed by atoms with van der Waals surface area (Å²) in [6.07, 6.45) is 1.76. The molecule has 1 aromatic rings. The summed E-state index contributed by atoms with van der Waals surface area (Å²) < 4.78 is 6.05. The van der Waals surface area contributed by atoms with Crippen LogP contribution in [-0.2, 0) is 16.1 Å². The molecule has 118 valence electrons. The molecule has 1 heterocycles. The fraction of sp³-hybridized carbons (Fsp3) is 0.692. The van der Waals surface area contributed by atoms with Crippen molar-refractivity contribution < 1.29 is 14.3 Å². The second-order valence-corrected chi connectivity index (χ2v) is 4.58. The van der Waals surface area contributed by atoms with Crippen LogP contribution in [0.4, 0.5) is 5.82 Å². The van der Waals surface area contributed by atoms with Gasteiger partial charge in [0.15, 0.2) is 5.82 Å². The number of ether oxygens (including phenoxy) is 1. The summed E-state index contributed by atoms with van der Waals surface area (Å²) in [5.41, 5.74) is 5.74.